The van der Waals surface area contributed by atoms with Crippen LogP contribution in [0.25, 0.3) is 0 Å². The van der Waals surface area contributed by atoms with Gasteiger partial charge in [0.2, 0.25) is 0 Å². The number of nitro groups is 1. The van der Waals surface area contributed by atoms with Gasteiger partial charge >= 0.3 is 6.03 Å². The number of likely N-dealkylation sites (tertiary alicyclic amines) is 1. The number of hydrogen-bond acceptors (Lipinski definition) is 4. The Morgan fingerprint density at radius 2 is 1.90 bits per heavy atom. The number of nitro benzene ring substituents is 1. The van der Waals surface area contributed by atoms with Gasteiger partial charge in [0.15, 0.2) is 0 Å². The van der Waals surface area contributed by atoms with Gasteiger partial charge in [-0.15, -0.1) is 0 Å². The molecular weight excluding hydrogens is 380 g/mol. The highest BCUT2D eigenvalue weighted by molar-refractivity contribution is 5.89. The zero-order valence-electron chi connectivity index (χ0n) is 17.5. The molecule has 1 heterocycles. The van der Waals surface area contributed by atoms with Gasteiger partial charge in [0, 0.05) is 43.5 Å². The second-order valence-corrected chi connectivity index (χ2v) is 7.78. The molecule has 0 aliphatic carbocycles. The van der Waals surface area contributed by atoms with Crippen molar-refractivity contribution in [3.63, 3.8) is 0 Å². The molecule has 30 heavy (non-hydrogen) atoms. The van der Waals surface area contributed by atoms with Gasteiger partial charge in [-0.2, -0.15) is 0 Å². The molecule has 7 nitrogen and oxygen atoms in total. The number of nitrogens with one attached hydrogen (secondary N) is 1. The first kappa shape index (κ1) is 21.8. The van der Waals surface area contributed by atoms with E-state index in [2.05, 4.69) is 17.1 Å². The van der Waals surface area contributed by atoms with Crippen molar-refractivity contribution in [2.24, 2.45) is 0 Å². The lowest BCUT2D eigenvalue weighted by Gasteiger charge is -2.38. The van der Waals surface area contributed by atoms with Crippen LogP contribution in [0.5, 0.6) is 0 Å². The molecule has 0 bridgehead atoms. The van der Waals surface area contributed by atoms with E-state index in [0.717, 1.165) is 38.0 Å². The zero-order valence-corrected chi connectivity index (χ0v) is 17.5. The minimum atomic E-state index is -0.455. The third-order valence-electron chi connectivity index (χ3n) is 5.59. The Balaban J connectivity index is 1.72. The number of benzene rings is 2. The van der Waals surface area contributed by atoms with Crippen LogP contribution in [0.4, 0.5) is 16.2 Å². The Bertz CT molecular complexity index is 835. The predicted molar refractivity (Wildman–Crippen MR) is 118 cm³/mol. The van der Waals surface area contributed by atoms with Crippen molar-refractivity contribution in [1.29, 1.82) is 0 Å². The zero-order chi connectivity index (χ0) is 21.3. The molecule has 2 aromatic carbocycles. The minimum Gasteiger partial charge on any atom is -0.317 e. The number of hydrogen-bond donors (Lipinski definition) is 1. The van der Waals surface area contributed by atoms with E-state index < -0.39 is 4.92 Å². The Hall–Kier alpha value is -2.93. The quantitative estimate of drug-likeness (QED) is 0.496. The van der Waals surface area contributed by atoms with Crippen molar-refractivity contribution < 1.29 is 9.72 Å². The second-order valence-electron chi connectivity index (χ2n) is 7.78. The molecule has 0 atom stereocenters. The average molecular weight is 411 g/mol. The van der Waals surface area contributed by atoms with Crippen molar-refractivity contribution in [3.8, 4) is 0 Å². The normalized spacial score (nSPS) is 15.0. The van der Waals surface area contributed by atoms with Crippen LogP contribution in [0.15, 0.2) is 54.6 Å². The van der Waals surface area contributed by atoms with Crippen LogP contribution in [0.2, 0.25) is 0 Å². The molecule has 3 rings (SSSR count). The Morgan fingerprint density at radius 3 is 2.57 bits per heavy atom. The number of unbranched alkanes of at least 4 members (excludes halogenated alkanes) is 1. The van der Waals surface area contributed by atoms with Gasteiger partial charge in [-0.3, -0.25) is 10.1 Å². The fraction of sp³-hybridized carbons (Fsp3) is 0.435. The number of rotatable bonds is 8. The highest BCUT2D eigenvalue weighted by Gasteiger charge is 2.28. The molecule has 0 saturated carbocycles. The SMILES string of the molecule is CCCCN1CCC(N(Cc2ccccc2)C(=O)Nc2cccc([N+](=O)[O-])c2)CC1. The summed E-state index contributed by atoms with van der Waals surface area (Å²) in [6.45, 7) is 5.80. The third-order valence-corrected chi connectivity index (χ3v) is 5.59. The van der Waals surface area contributed by atoms with Gasteiger partial charge in [-0.05, 0) is 37.4 Å². The van der Waals surface area contributed by atoms with Crippen LogP contribution >= 0.6 is 0 Å². The molecule has 1 N–H and O–H groups in total. The van der Waals surface area contributed by atoms with Crippen LogP contribution < -0.4 is 5.32 Å². The first-order chi connectivity index (χ1) is 14.6. The topological polar surface area (TPSA) is 78.7 Å². The summed E-state index contributed by atoms with van der Waals surface area (Å²) in [6, 6.07) is 15.9. The molecule has 1 saturated heterocycles. The van der Waals surface area contributed by atoms with E-state index in [0.29, 0.717) is 12.2 Å². The molecule has 0 aromatic heterocycles. The molecule has 0 spiro atoms. The number of non-ortho nitro benzene ring substituents is 1. The molecule has 7 heteroatoms. The first-order valence-electron chi connectivity index (χ1n) is 10.6. The summed E-state index contributed by atoms with van der Waals surface area (Å²) in [4.78, 5) is 28.1. The fourth-order valence-corrected chi connectivity index (χ4v) is 3.88. The molecule has 1 fully saturated rings. The minimum absolute atomic E-state index is 0.0355. The molecule has 160 valence electrons. The standard InChI is InChI=1S/C23H30N4O3/c1-2-3-14-25-15-12-21(13-16-25)26(18-19-8-5-4-6-9-19)23(28)24-20-10-7-11-22(17-20)27(29)30/h4-11,17,21H,2-3,12-16,18H2,1H3,(H,24,28). The number of carbonyl (C=O) groups excluding carboxylic acids is 1. The lowest BCUT2D eigenvalue weighted by molar-refractivity contribution is -0.384. The van der Waals surface area contributed by atoms with E-state index in [1.165, 1.54) is 25.0 Å². The van der Waals surface area contributed by atoms with Gasteiger partial charge in [0.05, 0.1) is 4.92 Å². The van der Waals surface area contributed by atoms with Crippen molar-refractivity contribution in [3.05, 3.63) is 70.3 Å². The number of piperidine rings is 1. The van der Waals surface area contributed by atoms with Crippen LogP contribution in [0.3, 0.4) is 0 Å². The summed E-state index contributed by atoms with van der Waals surface area (Å²) < 4.78 is 0. The van der Waals surface area contributed by atoms with E-state index in [1.54, 1.807) is 12.1 Å². The summed E-state index contributed by atoms with van der Waals surface area (Å²) in [5.74, 6) is 0. The lowest BCUT2D eigenvalue weighted by Crippen LogP contribution is -2.48. The number of carbonyl (C=O) groups is 1. The Labute approximate surface area is 177 Å². The summed E-state index contributed by atoms with van der Waals surface area (Å²) in [6.07, 6.45) is 4.25. The smallest absolute Gasteiger partial charge is 0.317 e. The van der Waals surface area contributed by atoms with Gasteiger partial charge in [0.1, 0.15) is 0 Å². The Morgan fingerprint density at radius 1 is 1.17 bits per heavy atom. The van der Waals surface area contributed by atoms with Gasteiger partial charge < -0.3 is 15.1 Å². The number of nitrogens with zero attached hydrogens (tertiary/aromatic N) is 3. The summed E-state index contributed by atoms with van der Waals surface area (Å²) in [5, 5.41) is 13.9. The molecule has 2 amide bonds. The number of urea groups is 1. The van der Waals surface area contributed by atoms with Crippen molar-refractivity contribution in [1.82, 2.24) is 9.80 Å². The highest BCUT2D eigenvalue weighted by Crippen LogP contribution is 2.22. The van der Waals surface area contributed by atoms with Gasteiger partial charge in [-0.1, -0.05) is 49.7 Å². The first-order valence-corrected chi connectivity index (χ1v) is 10.6. The maximum Gasteiger partial charge on any atom is 0.322 e. The van der Waals surface area contributed by atoms with Crippen LogP contribution in [-0.2, 0) is 6.54 Å². The van der Waals surface area contributed by atoms with Crippen molar-refractivity contribution in [2.45, 2.75) is 45.2 Å². The monoisotopic (exact) mass is 410 g/mol. The van der Waals surface area contributed by atoms with Crippen molar-refractivity contribution >= 4 is 17.4 Å². The molecule has 0 radical (unpaired) electrons. The molecular formula is C23H30N4O3. The lowest BCUT2D eigenvalue weighted by atomic mass is 10.0. The number of anilines is 1. The summed E-state index contributed by atoms with van der Waals surface area (Å²) in [5.41, 5.74) is 1.47. The van der Waals surface area contributed by atoms with Crippen LogP contribution in [0.1, 0.15) is 38.2 Å². The van der Waals surface area contributed by atoms with Gasteiger partial charge in [0.25, 0.3) is 5.69 Å². The summed E-state index contributed by atoms with van der Waals surface area (Å²) in [7, 11) is 0. The maximum atomic E-state index is 13.2. The molecule has 0 unspecified atom stereocenters. The average Bonchev–Trinajstić information content (AvgIpc) is 2.77. The van der Waals surface area contributed by atoms with E-state index >= 15 is 0 Å². The van der Waals surface area contributed by atoms with E-state index in [-0.39, 0.29) is 17.8 Å². The Kier molecular flexibility index (Phi) is 7.79. The van der Waals surface area contributed by atoms with Crippen LogP contribution in [0, 0.1) is 10.1 Å². The molecule has 2 aromatic rings. The highest BCUT2D eigenvalue weighted by atomic mass is 16.6. The number of amides is 2. The van der Waals surface area contributed by atoms with E-state index in [4.69, 9.17) is 0 Å². The third kappa shape index (κ3) is 6.03. The van der Waals surface area contributed by atoms with E-state index in [9.17, 15) is 14.9 Å². The fourth-order valence-electron chi connectivity index (χ4n) is 3.88. The molecule has 1 aliphatic heterocycles. The summed E-state index contributed by atoms with van der Waals surface area (Å²) >= 11 is 0. The van der Waals surface area contributed by atoms with Crippen LogP contribution in [-0.4, -0.2) is 46.4 Å². The second kappa shape index (κ2) is 10.7. The maximum absolute atomic E-state index is 13.2. The van der Waals surface area contributed by atoms with E-state index in [1.807, 2.05) is 35.2 Å². The predicted octanol–water partition coefficient (Wildman–Crippen LogP) is 4.89. The van der Waals surface area contributed by atoms with Gasteiger partial charge in [-0.25, -0.2) is 4.79 Å². The molecule has 1 aliphatic rings. The van der Waals surface area contributed by atoms with Crippen molar-refractivity contribution in [2.75, 3.05) is 25.0 Å². The largest absolute Gasteiger partial charge is 0.322 e.